The highest BCUT2D eigenvalue weighted by Crippen LogP contribution is 1.40. The highest BCUT2D eigenvalue weighted by molar-refractivity contribution is 5.47. The van der Waals surface area contributed by atoms with Crippen molar-refractivity contribution in [2.45, 2.75) is 0 Å². The molecule has 0 aliphatic heterocycles. The van der Waals surface area contributed by atoms with E-state index in [4.69, 9.17) is 9.59 Å². The standard InChI is InChI=1S/C2H2NO3/c4-1-3-6-2-5/h1H,(H,3,4). The van der Waals surface area contributed by atoms with Gasteiger partial charge in [-0.05, 0) is 0 Å². The molecule has 0 saturated heterocycles. The van der Waals surface area contributed by atoms with Crippen molar-refractivity contribution < 1.29 is 14.4 Å². The van der Waals surface area contributed by atoms with Crippen LogP contribution >= 0.6 is 0 Å². The second-order valence-corrected chi connectivity index (χ2v) is 0.421. The molecule has 6 heavy (non-hydrogen) atoms. The highest BCUT2D eigenvalue weighted by Gasteiger charge is 1.68. The molecule has 0 rings (SSSR count). The lowest BCUT2D eigenvalue weighted by Crippen LogP contribution is -2.08. The van der Waals surface area contributed by atoms with Gasteiger partial charge in [0.15, 0.2) is 0 Å². The molecule has 0 bridgehead atoms. The van der Waals surface area contributed by atoms with Crippen LogP contribution in [0.4, 0.5) is 0 Å². The monoisotopic (exact) mass is 88.0 g/mol. The third-order valence-electron chi connectivity index (χ3n) is 0.149. The fourth-order valence-electron chi connectivity index (χ4n) is 0.0481. The fraction of sp³-hybridized carbons (Fsp3) is 0. The quantitative estimate of drug-likeness (QED) is 0.266. The van der Waals surface area contributed by atoms with Crippen LogP contribution in [0.3, 0.4) is 0 Å². The van der Waals surface area contributed by atoms with Gasteiger partial charge in [0.25, 0.3) is 0 Å². The molecule has 33 valence electrons. The van der Waals surface area contributed by atoms with Crippen molar-refractivity contribution in [3.8, 4) is 0 Å². The molecule has 0 spiro atoms. The van der Waals surface area contributed by atoms with Gasteiger partial charge in [-0.3, -0.25) is 4.79 Å². The lowest BCUT2D eigenvalue weighted by Gasteiger charge is -1.81. The molecule has 1 radical (unpaired) electrons. The van der Waals surface area contributed by atoms with Crippen molar-refractivity contribution in [3.05, 3.63) is 0 Å². The normalized spacial score (nSPS) is 6.00. The molecule has 4 nitrogen and oxygen atoms in total. The molecule has 0 unspecified atom stereocenters. The molecule has 0 atom stereocenters. The van der Waals surface area contributed by atoms with Gasteiger partial charge in [-0.2, -0.15) is 5.48 Å². The van der Waals surface area contributed by atoms with E-state index in [1.165, 1.54) is 0 Å². The van der Waals surface area contributed by atoms with E-state index in [1.807, 2.05) is 0 Å². The summed E-state index contributed by atoms with van der Waals surface area (Å²) in [6.07, 6.45) is 0.227. The van der Waals surface area contributed by atoms with Crippen LogP contribution in [0.1, 0.15) is 0 Å². The van der Waals surface area contributed by atoms with Crippen LogP contribution in [0.25, 0.3) is 0 Å². The van der Waals surface area contributed by atoms with Gasteiger partial charge in [-0.15, -0.1) is 0 Å². The molecule has 4 heteroatoms. The van der Waals surface area contributed by atoms with E-state index in [0.29, 0.717) is 0 Å². The van der Waals surface area contributed by atoms with Gasteiger partial charge in [0, 0.05) is 0 Å². The second kappa shape index (κ2) is 3.94. The Labute approximate surface area is 34.0 Å². The smallest absolute Gasteiger partial charge is 0.330 e. The summed E-state index contributed by atoms with van der Waals surface area (Å²) >= 11 is 0. The van der Waals surface area contributed by atoms with E-state index in [1.54, 1.807) is 5.48 Å². The summed E-state index contributed by atoms with van der Waals surface area (Å²) in [5.74, 6) is 0. The maximum Gasteiger partial charge on any atom is 0.443 e. The largest absolute Gasteiger partial charge is 0.443 e. The van der Waals surface area contributed by atoms with Gasteiger partial charge >= 0.3 is 6.47 Å². The number of hydrogen-bond donors (Lipinski definition) is 1. The van der Waals surface area contributed by atoms with Gasteiger partial charge < -0.3 is 4.84 Å². The molecule has 0 saturated carbocycles. The minimum absolute atomic E-state index is 0.227. The average Bonchev–Trinajstić information content (AvgIpc) is 1.61. The average molecular weight is 88.0 g/mol. The lowest BCUT2D eigenvalue weighted by atomic mass is 11.4. The molecule has 0 aliphatic carbocycles. The zero-order chi connectivity index (χ0) is 4.83. The predicted octanol–water partition coefficient (Wildman–Crippen LogP) is -1.27. The van der Waals surface area contributed by atoms with Crippen LogP contribution in [0.2, 0.25) is 0 Å². The first-order valence-electron chi connectivity index (χ1n) is 1.14. The summed E-state index contributed by atoms with van der Waals surface area (Å²) in [5, 5.41) is 0. The summed E-state index contributed by atoms with van der Waals surface area (Å²) in [5.41, 5.74) is 1.59. The van der Waals surface area contributed by atoms with Crippen molar-refractivity contribution >= 4 is 12.9 Å². The van der Waals surface area contributed by atoms with E-state index in [-0.39, 0.29) is 6.41 Å². The first-order chi connectivity index (χ1) is 2.91. The molecule has 1 N–H and O–H groups in total. The molecule has 0 heterocycles. The molecule has 0 aromatic rings. The van der Waals surface area contributed by atoms with Gasteiger partial charge in [-0.1, -0.05) is 0 Å². The van der Waals surface area contributed by atoms with E-state index < -0.39 is 0 Å². The summed E-state index contributed by atoms with van der Waals surface area (Å²) in [4.78, 5) is 21.7. The van der Waals surface area contributed by atoms with E-state index >= 15 is 0 Å². The predicted molar refractivity (Wildman–Crippen MR) is 16.0 cm³/mol. The minimum Gasteiger partial charge on any atom is -0.330 e. The number of amides is 1. The number of carbonyl (C=O) groups excluding carboxylic acids is 2. The summed E-state index contributed by atoms with van der Waals surface area (Å²) < 4.78 is 0. The number of hydrogen-bond acceptors (Lipinski definition) is 3. The van der Waals surface area contributed by atoms with Gasteiger partial charge in [0.2, 0.25) is 6.41 Å². The van der Waals surface area contributed by atoms with Crippen molar-refractivity contribution in [2.24, 2.45) is 0 Å². The Hall–Kier alpha value is -1.06. The van der Waals surface area contributed by atoms with E-state index in [2.05, 4.69) is 4.84 Å². The Morgan fingerprint density at radius 1 is 1.83 bits per heavy atom. The topological polar surface area (TPSA) is 55.4 Å². The minimum atomic E-state index is 0.227. The molecular formula is C2H2NO3. The van der Waals surface area contributed by atoms with Crippen LogP contribution in [-0.4, -0.2) is 12.9 Å². The van der Waals surface area contributed by atoms with Crippen molar-refractivity contribution in [2.75, 3.05) is 0 Å². The molecule has 0 aliphatic rings. The first-order valence-corrected chi connectivity index (χ1v) is 1.14. The Bertz CT molecular complexity index is 44.8. The summed E-state index contributed by atoms with van der Waals surface area (Å²) in [7, 11) is 0. The molecule has 0 fully saturated rings. The third-order valence-corrected chi connectivity index (χ3v) is 0.149. The molecule has 0 aromatic carbocycles. The number of nitrogens with one attached hydrogen (secondary N) is 1. The van der Waals surface area contributed by atoms with Crippen molar-refractivity contribution in [1.82, 2.24) is 5.48 Å². The van der Waals surface area contributed by atoms with Gasteiger partial charge in [0.1, 0.15) is 0 Å². The Balaban J connectivity index is 2.66. The Morgan fingerprint density at radius 3 is 2.67 bits per heavy atom. The molecular weight excluding hydrogens is 86.0 g/mol. The Kier molecular flexibility index (Phi) is 3.24. The molecule has 0 aromatic heterocycles. The van der Waals surface area contributed by atoms with Gasteiger partial charge in [-0.25, -0.2) is 4.79 Å². The molecule has 1 amide bonds. The third kappa shape index (κ3) is 2.94. The van der Waals surface area contributed by atoms with Crippen LogP contribution in [0.5, 0.6) is 0 Å². The van der Waals surface area contributed by atoms with Crippen LogP contribution in [0.15, 0.2) is 0 Å². The summed E-state index contributed by atoms with van der Waals surface area (Å²) in [6.45, 7) is 0.976. The van der Waals surface area contributed by atoms with Gasteiger partial charge in [0.05, 0.1) is 0 Å². The van der Waals surface area contributed by atoms with Crippen molar-refractivity contribution in [1.29, 1.82) is 0 Å². The zero-order valence-corrected chi connectivity index (χ0v) is 2.80. The SMILES string of the molecule is O=[C]ONC=O. The van der Waals surface area contributed by atoms with Crippen molar-refractivity contribution in [3.63, 3.8) is 0 Å². The number of carbonyl (C=O) groups is 1. The number of rotatable bonds is 3. The van der Waals surface area contributed by atoms with E-state index in [9.17, 15) is 0 Å². The maximum atomic E-state index is 9.15. The number of hydroxylamine groups is 1. The zero-order valence-electron chi connectivity index (χ0n) is 2.80. The second-order valence-electron chi connectivity index (χ2n) is 0.421. The Morgan fingerprint density at radius 2 is 2.50 bits per heavy atom. The lowest BCUT2D eigenvalue weighted by molar-refractivity contribution is -0.115. The van der Waals surface area contributed by atoms with E-state index in [0.717, 1.165) is 6.47 Å². The summed E-state index contributed by atoms with van der Waals surface area (Å²) in [6, 6.07) is 0. The first kappa shape index (κ1) is 4.94. The van der Waals surface area contributed by atoms with Crippen LogP contribution in [-0.2, 0) is 14.4 Å². The highest BCUT2D eigenvalue weighted by atomic mass is 16.7. The van der Waals surface area contributed by atoms with Crippen LogP contribution in [0, 0.1) is 0 Å². The fourth-order valence-corrected chi connectivity index (χ4v) is 0.0481. The maximum absolute atomic E-state index is 9.15. The van der Waals surface area contributed by atoms with Crippen LogP contribution < -0.4 is 5.48 Å².